The van der Waals surface area contributed by atoms with E-state index in [9.17, 15) is 0 Å². The summed E-state index contributed by atoms with van der Waals surface area (Å²) in [4.78, 5) is 8.11. The van der Waals surface area contributed by atoms with Crippen molar-refractivity contribution in [2.75, 3.05) is 20.6 Å². The first-order valence-electron chi connectivity index (χ1n) is 8.21. The van der Waals surface area contributed by atoms with Gasteiger partial charge in [0, 0.05) is 37.5 Å². The first-order chi connectivity index (χ1) is 11.2. The van der Waals surface area contributed by atoms with Crippen molar-refractivity contribution in [2.24, 2.45) is 4.99 Å². The Morgan fingerprint density at radius 1 is 1.29 bits per heavy atom. The molecule has 5 heteroatoms. The van der Waals surface area contributed by atoms with E-state index in [0.717, 1.165) is 18.9 Å². The van der Waals surface area contributed by atoms with Crippen LogP contribution in [0.4, 0.5) is 0 Å². The second-order valence-electron chi connectivity index (χ2n) is 6.25. The molecule has 0 saturated heterocycles. The SMILES string of the molecule is CN=C(NC1CC1c1ccccc1C)N(C)CCc1cccs1.I. The van der Waals surface area contributed by atoms with E-state index in [2.05, 4.69) is 71.0 Å². The molecule has 24 heavy (non-hydrogen) atoms. The van der Waals surface area contributed by atoms with E-state index in [1.54, 1.807) is 0 Å². The standard InChI is InChI=1S/C19H25N3S.HI/c1-14-7-4-5-9-16(14)17-13-18(17)21-19(20-2)22(3)11-10-15-8-6-12-23-15;/h4-9,12,17-18H,10-11,13H2,1-3H3,(H,20,21);1H. The number of nitrogens with zero attached hydrogens (tertiary/aromatic N) is 2. The highest BCUT2D eigenvalue weighted by atomic mass is 127. The lowest BCUT2D eigenvalue weighted by atomic mass is 10.0. The summed E-state index contributed by atoms with van der Waals surface area (Å²) in [6, 6.07) is 13.5. The first kappa shape index (κ1) is 19.2. The molecule has 0 amide bonds. The van der Waals surface area contributed by atoms with Crippen LogP contribution in [-0.4, -0.2) is 37.5 Å². The molecule has 1 aromatic carbocycles. The van der Waals surface area contributed by atoms with Gasteiger partial charge in [-0.2, -0.15) is 0 Å². The third-order valence-corrected chi connectivity index (χ3v) is 5.48. The van der Waals surface area contributed by atoms with Gasteiger partial charge >= 0.3 is 0 Å². The predicted octanol–water partition coefficient (Wildman–Crippen LogP) is 4.28. The van der Waals surface area contributed by atoms with E-state index < -0.39 is 0 Å². The van der Waals surface area contributed by atoms with E-state index in [4.69, 9.17) is 0 Å². The number of halogens is 1. The number of nitrogens with one attached hydrogen (secondary N) is 1. The van der Waals surface area contributed by atoms with E-state index in [1.807, 2.05) is 18.4 Å². The number of rotatable bonds is 5. The van der Waals surface area contributed by atoms with Crippen LogP contribution in [0.25, 0.3) is 0 Å². The molecular formula is C19H26IN3S. The molecule has 1 heterocycles. The third-order valence-electron chi connectivity index (χ3n) is 4.54. The highest BCUT2D eigenvalue weighted by molar-refractivity contribution is 14.0. The number of hydrogen-bond donors (Lipinski definition) is 1. The van der Waals surface area contributed by atoms with Gasteiger partial charge in [0.1, 0.15) is 0 Å². The molecule has 2 unspecified atom stereocenters. The van der Waals surface area contributed by atoms with Crippen LogP contribution in [0.5, 0.6) is 0 Å². The second-order valence-corrected chi connectivity index (χ2v) is 7.28. The molecule has 1 aliphatic rings. The quantitative estimate of drug-likeness (QED) is 0.414. The number of likely N-dealkylation sites (N-methyl/N-ethyl adjacent to an activating group) is 1. The molecule has 130 valence electrons. The lowest BCUT2D eigenvalue weighted by Gasteiger charge is -2.22. The number of hydrogen-bond acceptors (Lipinski definition) is 2. The van der Waals surface area contributed by atoms with Crippen molar-refractivity contribution in [1.82, 2.24) is 10.2 Å². The van der Waals surface area contributed by atoms with Gasteiger partial charge in [-0.15, -0.1) is 35.3 Å². The Morgan fingerprint density at radius 3 is 2.75 bits per heavy atom. The topological polar surface area (TPSA) is 27.6 Å². The summed E-state index contributed by atoms with van der Waals surface area (Å²) >= 11 is 1.82. The lowest BCUT2D eigenvalue weighted by Crippen LogP contribution is -2.41. The Morgan fingerprint density at radius 2 is 2.08 bits per heavy atom. The van der Waals surface area contributed by atoms with Crippen LogP contribution < -0.4 is 5.32 Å². The summed E-state index contributed by atoms with van der Waals surface area (Å²) in [7, 11) is 3.99. The molecular weight excluding hydrogens is 429 g/mol. The van der Waals surface area contributed by atoms with Gasteiger partial charge in [0.25, 0.3) is 0 Å². The normalized spacial score (nSPS) is 19.5. The summed E-state index contributed by atoms with van der Waals surface area (Å²) in [6.07, 6.45) is 2.27. The van der Waals surface area contributed by atoms with Crippen LogP contribution in [-0.2, 0) is 6.42 Å². The molecule has 1 aliphatic carbocycles. The van der Waals surface area contributed by atoms with Gasteiger partial charge in [-0.1, -0.05) is 30.3 Å². The van der Waals surface area contributed by atoms with Crippen LogP contribution >= 0.6 is 35.3 Å². The molecule has 1 saturated carbocycles. The molecule has 0 radical (unpaired) electrons. The molecule has 2 atom stereocenters. The maximum atomic E-state index is 4.45. The Kier molecular flexibility index (Phi) is 7.10. The summed E-state index contributed by atoms with van der Waals surface area (Å²) in [5, 5.41) is 5.76. The average molecular weight is 455 g/mol. The average Bonchev–Trinajstić information content (AvgIpc) is 3.11. The number of thiophene rings is 1. The monoisotopic (exact) mass is 455 g/mol. The van der Waals surface area contributed by atoms with Crippen molar-refractivity contribution in [3.63, 3.8) is 0 Å². The van der Waals surface area contributed by atoms with Crippen molar-refractivity contribution in [3.8, 4) is 0 Å². The Labute approximate surface area is 166 Å². The number of benzene rings is 1. The second kappa shape index (κ2) is 8.85. The molecule has 1 fully saturated rings. The van der Waals surface area contributed by atoms with Crippen molar-refractivity contribution < 1.29 is 0 Å². The highest BCUT2D eigenvalue weighted by Crippen LogP contribution is 2.42. The van der Waals surface area contributed by atoms with Crippen LogP contribution in [0.3, 0.4) is 0 Å². The molecule has 1 aromatic heterocycles. The summed E-state index contributed by atoms with van der Waals surface area (Å²) in [5.74, 6) is 1.63. The van der Waals surface area contributed by atoms with Gasteiger partial charge in [0.05, 0.1) is 0 Å². The molecule has 0 bridgehead atoms. The van der Waals surface area contributed by atoms with Gasteiger partial charge in [-0.25, -0.2) is 0 Å². The largest absolute Gasteiger partial charge is 0.353 e. The molecule has 0 spiro atoms. The molecule has 2 aromatic rings. The summed E-state index contributed by atoms with van der Waals surface area (Å²) in [5.41, 5.74) is 2.87. The minimum Gasteiger partial charge on any atom is -0.353 e. The van der Waals surface area contributed by atoms with Crippen LogP contribution in [0.15, 0.2) is 46.8 Å². The fraction of sp³-hybridized carbons (Fsp3) is 0.421. The maximum Gasteiger partial charge on any atom is 0.193 e. The van der Waals surface area contributed by atoms with E-state index in [0.29, 0.717) is 12.0 Å². The van der Waals surface area contributed by atoms with Crippen molar-refractivity contribution in [3.05, 3.63) is 57.8 Å². The Bertz CT molecular complexity index is 669. The zero-order valence-corrected chi connectivity index (χ0v) is 17.7. The van der Waals surface area contributed by atoms with Crippen LogP contribution in [0, 0.1) is 6.92 Å². The fourth-order valence-corrected chi connectivity index (χ4v) is 3.75. The van der Waals surface area contributed by atoms with E-state index in [-0.39, 0.29) is 24.0 Å². The van der Waals surface area contributed by atoms with Crippen LogP contribution in [0.2, 0.25) is 0 Å². The van der Waals surface area contributed by atoms with Gasteiger partial charge in [-0.3, -0.25) is 4.99 Å². The smallest absolute Gasteiger partial charge is 0.193 e. The molecule has 1 N–H and O–H groups in total. The van der Waals surface area contributed by atoms with Crippen molar-refractivity contribution in [2.45, 2.75) is 31.7 Å². The number of aryl methyl sites for hydroxylation is 1. The molecule has 3 nitrogen and oxygen atoms in total. The highest BCUT2D eigenvalue weighted by Gasteiger charge is 2.40. The van der Waals surface area contributed by atoms with E-state index in [1.165, 1.54) is 22.4 Å². The van der Waals surface area contributed by atoms with Gasteiger partial charge in [0.2, 0.25) is 0 Å². The maximum absolute atomic E-state index is 4.45. The van der Waals surface area contributed by atoms with Crippen molar-refractivity contribution >= 4 is 41.3 Å². The Hall–Kier alpha value is -1.08. The van der Waals surface area contributed by atoms with Gasteiger partial charge < -0.3 is 10.2 Å². The van der Waals surface area contributed by atoms with Gasteiger partial charge in [-0.05, 0) is 42.3 Å². The molecule has 3 rings (SSSR count). The minimum atomic E-state index is 0. The van der Waals surface area contributed by atoms with Crippen molar-refractivity contribution in [1.29, 1.82) is 0 Å². The van der Waals surface area contributed by atoms with E-state index >= 15 is 0 Å². The zero-order chi connectivity index (χ0) is 16.2. The Balaban J connectivity index is 0.00000208. The van der Waals surface area contributed by atoms with Gasteiger partial charge in [0.15, 0.2) is 5.96 Å². The summed E-state index contributed by atoms with van der Waals surface area (Å²) < 4.78 is 0. The predicted molar refractivity (Wildman–Crippen MR) is 115 cm³/mol. The molecule has 0 aliphatic heterocycles. The first-order valence-corrected chi connectivity index (χ1v) is 9.09. The number of aliphatic imine (C=N–C) groups is 1. The van der Waals surface area contributed by atoms with Crippen LogP contribution in [0.1, 0.15) is 28.3 Å². The fourth-order valence-electron chi connectivity index (χ4n) is 3.05. The summed E-state index contributed by atoms with van der Waals surface area (Å²) in [6.45, 7) is 3.19. The number of guanidine groups is 1. The lowest BCUT2D eigenvalue weighted by molar-refractivity contribution is 0.485. The minimum absolute atomic E-state index is 0. The zero-order valence-electron chi connectivity index (χ0n) is 14.5. The third kappa shape index (κ3) is 4.72.